The van der Waals surface area contributed by atoms with E-state index >= 15 is 0 Å². The zero-order chi connectivity index (χ0) is 22.0. The molecule has 1 aromatic heterocycles. The van der Waals surface area contributed by atoms with Gasteiger partial charge in [-0.25, -0.2) is 22.9 Å². The van der Waals surface area contributed by atoms with Crippen molar-refractivity contribution in [1.29, 1.82) is 0 Å². The van der Waals surface area contributed by atoms with Crippen LogP contribution in [0.3, 0.4) is 0 Å². The molecule has 31 heavy (non-hydrogen) atoms. The van der Waals surface area contributed by atoms with E-state index in [1.54, 1.807) is 24.3 Å². The molecule has 0 saturated carbocycles. The Hall–Kier alpha value is -3.49. The molecular formula is C23H19FN2O4S. The second-order valence-electron chi connectivity index (χ2n) is 6.84. The number of methoxy groups -OCH3 is 1. The predicted octanol–water partition coefficient (Wildman–Crippen LogP) is 4.39. The number of ether oxygens (including phenoxy) is 1. The lowest BCUT2D eigenvalue weighted by Crippen LogP contribution is -2.11. The van der Waals surface area contributed by atoms with Gasteiger partial charge in [0.15, 0.2) is 23.2 Å². The van der Waals surface area contributed by atoms with Crippen LogP contribution in [0.15, 0.2) is 82.1 Å². The highest BCUT2D eigenvalue weighted by Gasteiger charge is 2.22. The lowest BCUT2D eigenvalue weighted by Gasteiger charge is -2.08. The number of halogens is 1. The Balaban J connectivity index is 1.86. The molecular weight excluding hydrogens is 419 g/mol. The second-order valence-corrected chi connectivity index (χ2v) is 8.40. The first-order valence-electron chi connectivity index (χ1n) is 9.36. The van der Waals surface area contributed by atoms with Crippen molar-refractivity contribution >= 4 is 10.0 Å². The number of benzene rings is 3. The van der Waals surface area contributed by atoms with Crippen molar-refractivity contribution in [1.82, 2.24) is 4.98 Å². The summed E-state index contributed by atoms with van der Waals surface area (Å²) < 4.78 is 48.8. The van der Waals surface area contributed by atoms with Crippen molar-refractivity contribution in [3.8, 4) is 28.3 Å². The quantitative estimate of drug-likeness (QED) is 0.482. The molecule has 8 heteroatoms. The smallest absolute Gasteiger partial charge is 0.238 e. The number of primary sulfonamides is 1. The minimum absolute atomic E-state index is 0.0230. The van der Waals surface area contributed by atoms with Crippen LogP contribution in [0.4, 0.5) is 4.39 Å². The van der Waals surface area contributed by atoms with Gasteiger partial charge in [0.1, 0.15) is 5.69 Å². The minimum Gasteiger partial charge on any atom is -0.493 e. The monoisotopic (exact) mass is 438 g/mol. The summed E-state index contributed by atoms with van der Waals surface area (Å²) in [6.45, 7) is 0. The van der Waals surface area contributed by atoms with Crippen molar-refractivity contribution in [3.05, 3.63) is 90.1 Å². The summed E-state index contributed by atoms with van der Waals surface area (Å²) in [5, 5.41) is 5.19. The molecule has 4 aromatic rings. The van der Waals surface area contributed by atoms with Crippen molar-refractivity contribution in [2.45, 2.75) is 11.3 Å². The molecule has 0 aliphatic heterocycles. The van der Waals surface area contributed by atoms with Crippen LogP contribution in [0.2, 0.25) is 0 Å². The highest BCUT2D eigenvalue weighted by atomic mass is 32.2. The summed E-state index contributed by atoms with van der Waals surface area (Å²) in [5.41, 5.74) is 2.39. The first-order chi connectivity index (χ1) is 14.9. The predicted molar refractivity (Wildman–Crippen MR) is 115 cm³/mol. The Morgan fingerprint density at radius 2 is 1.71 bits per heavy atom. The number of rotatable bonds is 6. The van der Waals surface area contributed by atoms with E-state index in [1.807, 2.05) is 30.3 Å². The summed E-state index contributed by atoms with van der Waals surface area (Å²) in [4.78, 5) is 4.59. The molecule has 158 valence electrons. The topological polar surface area (TPSA) is 95.4 Å². The number of oxazole rings is 1. The van der Waals surface area contributed by atoms with Gasteiger partial charge in [-0.15, -0.1) is 0 Å². The van der Waals surface area contributed by atoms with E-state index in [2.05, 4.69) is 4.98 Å². The largest absolute Gasteiger partial charge is 0.493 e. The molecule has 0 saturated heterocycles. The normalized spacial score (nSPS) is 11.5. The van der Waals surface area contributed by atoms with E-state index in [0.717, 1.165) is 5.56 Å². The van der Waals surface area contributed by atoms with Crippen molar-refractivity contribution in [2.24, 2.45) is 5.14 Å². The molecule has 0 spiro atoms. The van der Waals surface area contributed by atoms with Gasteiger partial charge >= 0.3 is 0 Å². The highest BCUT2D eigenvalue weighted by Crippen LogP contribution is 2.39. The van der Waals surface area contributed by atoms with Crippen LogP contribution in [0.1, 0.15) is 11.5 Å². The van der Waals surface area contributed by atoms with E-state index in [4.69, 9.17) is 14.3 Å². The molecule has 0 fully saturated rings. The first kappa shape index (κ1) is 20.8. The molecule has 4 rings (SSSR count). The number of sulfonamides is 1. The summed E-state index contributed by atoms with van der Waals surface area (Å²) >= 11 is 0. The molecule has 0 amide bonds. The minimum atomic E-state index is -3.83. The number of hydrogen-bond donors (Lipinski definition) is 1. The van der Waals surface area contributed by atoms with Gasteiger partial charge in [0.05, 0.1) is 12.0 Å². The molecule has 2 N–H and O–H groups in total. The molecule has 0 radical (unpaired) electrons. The van der Waals surface area contributed by atoms with Crippen LogP contribution < -0.4 is 9.88 Å². The standard InChI is InChI=1S/C23H19FN2O4S/c1-29-23-18(8-5-9-19(23)24)21-22(16-10-12-17(13-11-16)31(25,27)28)30-20(26-21)14-15-6-3-2-4-7-15/h2-13H,14H2,1H3,(H2,25,27,28). The van der Waals surface area contributed by atoms with Crippen LogP contribution in [0.25, 0.3) is 22.6 Å². The maximum absolute atomic E-state index is 14.3. The number of nitrogens with two attached hydrogens (primary N) is 1. The summed E-state index contributed by atoms with van der Waals surface area (Å²) in [7, 11) is -2.45. The first-order valence-corrected chi connectivity index (χ1v) is 10.9. The van der Waals surface area contributed by atoms with Gasteiger partial charge in [-0.3, -0.25) is 0 Å². The Morgan fingerprint density at radius 1 is 1.00 bits per heavy atom. The fraction of sp³-hybridized carbons (Fsp3) is 0.0870. The maximum Gasteiger partial charge on any atom is 0.238 e. The number of nitrogens with zero attached hydrogens (tertiary/aromatic N) is 1. The Morgan fingerprint density at radius 3 is 2.35 bits per heavy atom. The molecule has 6 nitrogen and oxygen atoms in total. The average Bonchev–Trinajstić information content (AvgIpc) is 3.17. The molecule has 3 aromatic carbocycles. The summed E-state index contributed by atoms with van der Waals surface area (Å²) in [5.74, 6) is 0.321. The third-order valence-corrected chi connectivity index (χ3v) is 5.67. The van der Waals surface area contributed by atoms with Crippen LogP contribution >= 0.6 is 0 Å². The van der Waals surface area contributed by atoms with Gasteiger partial charge < -0.3 is 9.15 Å². The van der Waals surface area contributed by atoms with Gasteiger partial charge in [0, 0.05) is 17.5 Å². The number of para-hydroxylation sites is 1. The zero-order valence-electron chi connectivity index (χ0n) is 16.6. The van der Waals surface area contributed by atoms with E-state index in [-0.39, 0.29) is 10.6 Å². The van der Waals surface area contributed by atoms with Crippen molar-refractivity contribution in [2.75, 3.05) is 7.11 Å². The fourth-order valence-electron chi connectivity index (χ4n) is 3.29. The summed E-state index contributed by atoms with van der Waals surface area (Å²) in [6.07, 6.45) is 0.431. The Kier molecular flexibility index (Phi) is 5.58. The molecule has 0 atom stereocenters. The molecule has 0 aliphatic rings. The molecule has 1 heterocycles. The van der Waals surface area contributed by atoms with Crippen LogP contribution in [0, 0.1) is 5.82 Å². The Labute approximate surface area is 179 Å². The molecule has 0 bridgehead atoms. The molecule has 0 aliphatic carbocycles. The summed E-state index contributed by atoms with van der Waals surface area (Å²) in [6, 6.07) is 20.1. The van der Waals surface area contributed by atoms with Gasteiger partial charge in [-0.05, 0) is 42.0 Å². The highest BCUT2D eigenvalue weighted by molar-refractivity contribution is 7.89. The third kappa shape index (κ3) is 4.35. The molecule has 0 unspecified atom stereocenters. The Bertz CT molecular complexity index is 1320. The van der Waals surface area contributed by atoms with Gasteiger partial charge in [0.25, 0.3) is 0 Å². The van der Waals surface area contributed by atoms with E-state index in [0.29, 0.717) is 34.9 Å². The van der Waals surface area contributed by atoms with E-state index < -0.39 is 15.8 Å². The SMILES string of the molecule is COc1c(F)cccc1-c1nc(Cc2ccccc2)oc1-c1ccc(S(N)(=O)=O)cc1. The second kappa shape index (κ2) is 8.33. The third-order valence-electron chi connectivity index (χ3n) is 4.74. The van der Waals surface area contributed by atoms with E-state index in [1.165, 1.54) is 25.3 Å². The van der Waals surface area contributed by atoms with Crippen LogP contribution in [0.5, 0.6) is 5.75 Å². The zero-order valence-corrected chi connectivity index (χ0v) is 17.4. The van der Waals surface area contributed by atoms with E-state index in [9.17, 15) is 12.8 Å². The van der Waals surface area contributed by atoms with Crippen LogP contribution in [-0.2, 0) is 16.4 Å². The van der Waals surface area contributed by atoms with Gasteiger partial charge in [-0.1, -0.05) is 36.4 Å². The number of hydrogen-bond acceptors (Lipinski definition) is 5. The van der Waals surface area contributed by atoms with Gasteiger partial charge in [-0.2, -0.15) is 0 Å². The maximum atomic E-state index is 14.3. The number of aromatic nitrogens is 1. The van der Waals surface area contributed by atoms with Gasteiger partial charge in [0.2, 0.25) is 10.0 Å². The lowest BCUT2D eigenvalue weighted by atomic mass is 10.0. The fourth-order valence-corrected chi connectivity index (χ4v) is 3.80. The van der Waals surface area contributed by atoms with Crippen molar-refractivity contribution < 1.29 is 22.0 Å². The average molecular weight is 438 g/mol. The lowest BCUT2D eigenvalue weighted by molar-refractivity contribution is 0.388. The van der Waals surface area contributed by atoms with Crippen molar-refractivity contribution in [3.63, 3.8) is 0 Å². The van der Waals surface area contributed by atoms with Crippen LogP contribution in [-0.4, -0.2) is 20.5 Å².